The van der Waals surface area contributed by atoms with Crippen molar-refractivity contribution in [2.24, 2.45) is 0 Å². The second-order valence-electron chi connectivity index (χ2n) is 7.58. The summed E-state index contributed by atoms with van der Waals surface area (Å²) >= 11 is 0. The number of piperazine rings is 1. The van der Waals surface area contributed by atoms with Gasteiger partial charge in [-0.2, -0.15) is 0 Å². The van der Waals surface area contributed by atoms with Crippen molar-refractivity contribution in [3.05, 3.63) is 88.6 Å². The van der Waals surface area contributed by atoms with E-state index in [0.717, 1.165) is 29.3 Å². The van der Waals surface area contributed by atoms with Crippen molar-refractivity contribution in [1.29, 1.82) is 0 Å². The Kier molecular flexibility index (Phi) is 5.74. The lowest BCUT2D eigenvalue weighted by Crippen LogP contribution is -2.49. The van der Waals surface area contributed by atoms with Gasteiger partial charge in [-0.1, -0.05) is 42.5 Å². The summed E-state index contributed by atoms with van der Waals surface area (Å²) < 4.78 is 14.0. The van der Waals surface area contributed by atoms with Gasteiger partial charge in [0.2, 0.25) is 0 Å². The van der Waals surface area contributed by atoms with Crippen molar-refractivity contribution < 1.29 is 9.18 Å². The molecule has 1 fully saturated rings. The smallest absolute Gasteiger partial charge is 0.256 e. The number of halogens is 1. The highest BCUT2D eigenvalue weighted by Crippen LogP contribution is 2.25. The molecule has 1 aliphatic heterocycles. The molecule has 1 saturated heterocycles. The molecule has 30 heavy (non-hydrogen) atoms. The van der Waals surface area contributed by atoms with Crippen LogP contribution in [0.2, 0.25) is 0 Å². The number of aryl methyl sites for hydroxylation is 2. The summed E-state index contributed by atoms with van der Waals surface area (Å²) in [6.45, 7) is 6.28. The Balaban J connectivity index is 1.53. The fraction of sp³-hybridized carbons (Fsp3) is 0.292. The maximum atomic E-state index is 14.0. The third-order valence-corrected chi connectivity index (χ3v) is 5.50. The van der Waals surface area contributed by atoms with Gasteiger partial charge in [0.05, 0.1) is 5.56 Å². The van der Waals surface area contributed by atoms with Gasteiger partial charge in [0.25, 0.3) is 5.91 Å². The van der Waals surface area contributed by atoms with Crippen LogP contribution in [-0.4, -0.2) is 47.0 Å². The summed E-state index contributed by atoms with van der Waals surface area (Å²) in [5, 5.41) is 0. The highest BCUT2D eigenvalue weighted by atomic mass is 19.1. The quantitative estimate of drug-likeness (QED) is 0.664. The minimum Gasteiger partial charge on any atom is -0.353 e. The SMILES string of the molecule is Cc1nc(C)c(Cc2ccccc2)c(N2CCN(C(=O)c3ccccc3F)CC2)n1. The minimum atomic E-state index is -0.475. The molecule has 0 N–H and O–H groups in total. The van der Waals surface area contributed by atoms with Crippen LogP contribution in [0.3, 0.4) is 0 Å². The van der Waals surface area contributed by atoms with E-state index < -0.39 is 5.82 Å². The number of aromatic nitrogens is 2. The Labute approximate surface area is 176 Å². The molecule has 0 saturated carbocycles. The summed E-state index contributed by atoms with van der Waals surface area (Å²) in [7, 11) is 0. The number of amides is 1. The second-order valence-corrected chi connectivity index (χ2v) is 7.58. The number of nitrogens with zero attached hydrogens (tertiary/aromatic N) is 4. The number of carbonyl (C=O) groups is 1. The molecule has 2 aromatic carbocycles. The van der Waals surface area contributed by atoms with Crippen LogP contribution in [0.5, 0.6) is 0 Å². The first-order valence-corrected chi connectivity index (χ1v) is 10.2. The maximum Gasteiger partial charge on any atom is 0.256 e. The van der Waals surface area contributed by atoms with E-state index in [-0.39, 0.29) is 11.5 Å². The lowest BCUT2D eigenvalue weighted by atomic mass is 10.0. The predicted octanol–water partition coefficient (Wildman–Crippen LogP) is 3.79. The molecular formula is C24H25FN4O. The molecule has 3 aromatic rings. The molecular weight excluding hydrogens is 379 g/mol. The maximum absolute atomic E-state index is 14.0. The molecule has 1 aliphatic rings. The van der Waals surface area contributed by atoms with Gasteiger partial charge in [-0.05, 0) is 31.5 Å². The second kappa shape index (κ2) is 8.61. The van der Waals surface area contributed by atoms with Gasteiger partial charge in [0, 0.05) is 43.9 Å². The standard InChI is InChI=1S/C24H25FN4O/c1-17-21(16-19-8-4-3-5-9-19)23(27-18(2)26-17)28-12-14-29(15-13-28)24(30)20-10-6-7-11-22(20)25/h3-11H,12-16H2,1-2H3. The Bertz CT molecular complexity index is 1050. The first kappa shape index (κ1) is 20.0. The predicted molar refractivity (Wildman–Crippen MR) is 115 cm³/mol. The van der Waals surface area contributed by atoms with E-state index >= 15 is 0 Å². The fourth-order valence-corrected chi connectivity index (χ4v) is 3.91. The zero-order valence-electron chi connectivity index (χ0n) is 17.3. The van der Waals surface area contributed by atoms with Crippen molar-refractivity contribution in [2.75, 3.05) is 31.1 Å². The number of anilines is 1. The van der Waals surface area contributed by atoms with Crippen molar-refractivity contribution in [2.45, 2.75) is 20.3 Å². The van der Waals surface area contributed by atoms with Crippen molar-refractivity contribution >= 4 is 11.7 Å². The van der Waals surface area contributed by atoms with Gasteiger partial charge in [-0.25, -0.2) is 14.4 Å². The van der Waals surface area contributed by atoms with Gasteiger partial charge in [0.15, 0.2) is 0 Å². The summed E-state index contributed by atoms with van der Waals surface area (Å²) in [5.41, 5.74) is 3.43. The molecule has 0 bridgehead atoms. The van der Waals surface area contributed by atoms with Crippen LogP contribution in [0, 0.1) is 19.7 Å². The van der Waals surface area contributed by atoms with E-state index in [2.05, 4.69) is 22.0 Å². The normalized spacial score (nSPS) is 14.1. The molecule has 0 aliphatic carbocycles. The van der Waals surface area contributed by atoms with Crippen LogP contribution in [-0.2, 0) is 6.42 Å². The summed E-state index contributed by atoms with van der Waals surface area (Å²) in [6, 6.07) is 16.4. The van der Waals surface area contributed by atoms with Gasteiger partial charge in [0.1, 0.15) is 17.5 Å². The van der Waals surface area contributed by atoms with Crippen molar-refractivity contribution in [3.63, 3.8) is 0 Å². The van der Waals surface area contributed by atoms with Crippen LogP contribution in [0.4, 0.5) is 10.2 Å². The molecule has 0 radical (unpaired) electrons. The van der Waals surface area contributed by atoms with Gasteiger partial charge in [-0.3, -0.25) is 4.79 Å². The van der Waals surface area contributed by atoms with E-state index in [1.165, 1.54) is 11.6 Å². The fourth-order valence-electron chi connectivity index (χ4n) is 3.91. The molecule has 6 heteroatoms. The zero-order chi connectivity index (χ0) is 21.1. The van der Waals surface area contributed by atoms with E-state index in [1.807, 2.05) is 32.0 Å². The highest BCUT2D eigenvalue weighted by Gasteiger charge is 2.26. The van der Waals surface area contributed by atoms with Crippen LogP contribution in [0.25, 0.3) is 0 Å². The Morgan fingerprint density at radius 1 is 0.933 bits per heavy atom. The van der Waals surface area contributed by atoms with Gasteiger partial charge in [-0.15, -0.1) is 0 Å². The van der Waals surface area contributed by atoms with Crippen LogP contribution < -0.4 is 4.90 Å². The topological polar surface area (TPSA) is 49.3 Å². The van der Waals surface area contributed by atoms with Crippen LogP contribution >= 0.6 is 0 Å². The molecule has 2 heterocycles. The summed E-state index contributed by atoms with van der Waals surface area (Å²) in [5.74, 6) is 0.940. The number of benzene rings is 2. The number of carbonyl (C=O) groups excluding carboxylic acids is 1. The van der Waals surface area contributed by atoms with Gasteiger partial charge < -0.3 is 9.80 Å². The lowest BCUT2D eigenvalue weighted by Gasteiger charge is -2.36. The first-order chi connectivity index (χ1) is 14.5. The Hall–Kier alpha value is -3.28. The van der Waals surface area contributed by atoms with Crippen molar-refractivity contribution in [1.82, 2.24) is 14.9 Å². The van der Waals surface area contributed by atoms with E-state index in [4.69, 9.17) is 4.98 Å². The molecule has 0 unspecified atom stereocenters. The van der Waals surface area contributed by atoms with Crippen LogP contribution in [0.1, 0.15) is 33.0 Å². The Morgan fingerprint density at radius 2 is 1.60 bits per heavy atom. The molecule has 5 nitrogen and oxygen atoms in total. The minimum absolute atomic E-state index is 0.129. The average Bonchev–Trinajstić information content (AvgIpc) is 2.76. The molecule has 4 rings (SSSR count). The van der Waals surface area contributed by atoms with E-state index in [1.54, 1.807) is 23.1 Å². The zero-order valence-corrected chi connectivity index (χ0v) is 17.3. The highest BCUT2D eigenvalue weighted by molar-refractivity contribution is 5.94. The largest absolute Gasteiger partial charge is 0.353 e. The molecule has 154 valence electrons. The number of hydrogen-bond acceptors (Lipinski definition) is 4. The van der Waals surface area contributed by atoms with E-state index in [0.29, 0.717) is 26.2 Å². The monoisotopic (exact) mass is 404 g/mol. The van der Waals surface area contributed by atoms with E-state index in [9.17, 15) is 9.18 Å². The third kappa shape index (κ3) is 4.17. The lowest BCUT2D eigenvalue weighted by molar-refractivity contribution is 0.0741. The van der Waals surface area contributed by atoms with Crippen LogP contribution in [0.15, 0.2) is 54.6 Å². The molecule has 1 amide bonds. The van der Waals surface area contributed by atoms with Gasteiger partial charge >= 0.3 is 0 Å². The summed E-state index contributed by atoms with van der Waals surface area (Å²) in [4.78, 5) is 26.0. The average molecular weight is 404 g/mol. The molecule has 0 atom stereocenters. The van der Waals surface area contributed by atoms with Crippen molar-refractivity contribution in [3.8, 4) is 0 Å². The number of rotatable bonds is 4. The first-order valence-electron chi connectivity index (χ1n) is 10.2. The molecule has 0 spiro atoms. The third-order valence-electron chi connectivity index (χ3n) is 5.50. The Morgan fingerprint density at radius 3 is 2.30 bits per heavy atom. The number of hydrogen-bond donors (Lipinski definition) is 0. The summed E-state index contributed by atoms with van der Waals surface area (Å²) in [6.07, 6.45) is 0.761. The molecule has 1 aromatic heterocycles.